The lowest BCUT2D eigenvalue weighted by molar-refractivity contribution is -0.117. The zero-order chi connectivity index (χ0) is 13.0. The summed E-state index contributed by atoms with van der Waals surface area (Å²) in [4.78, 5) is 11.0. The molecule has 3 N–H and O–H groups in total. The van der Waals surface area contributed by atoms with E-state index in [-0.39, 0.29) is 12.3 Å². The molecule has 0 bridgehead atoms. The van der Waals surface area contributed by atoms with Gasteiger partial charge < -0.3 is 15.6 Å². The minimum Gasteiger partial charge on any atom is -0.381 e. The predicted octanol–water partition coefficient (Wildman–Crippen LogP) is 1.67. The first-order chi connectivity index (χ1) is 8.65. The maximum atomic E-state index is 11.0. The smallest absolute Gasteiger partial charge is 0.221 e. The molecule has 4 nitrogen and oxygen atoms in total. The van der Waals surface area contributed by atoms with Gasteiger partial charge in [0.25, 0.3) is 0 Å². The Morgan fingerprint density at radius 3 is 2.78 bits per heavy atom. The van der Waals surface area contributed by atoms with Gasteiger partial charge in [-0.15, -0.1) is 0 Å². The number of anilines is 1. The van der Waals surface area contributed by atoms with Crippen molar-refractivity contribution in [3.05, 3.63) is 53.9 Å². The van der Waals surface area contributed by atoms with Crippen LogP contribution >= 0.6 is 0 Å². The van der Waals surface area contributed by atoms with Gasteiger partial charge in [0, 0.05) is 31.7 Å². The van der Waals surface area contributed by atoms with E-state index >= 15 is 0 Å². The van der Waals surface area contributed by atoms with Gasteiger partial charge in [-0.05, 0) is 23.3 Å². The molecule has 18 heavy (non-hydrogen) atoms. The van der Waals surface area contributed by atoms with Gasteiger partial charge in [-0.3, -0.25) is 4.79 Å². The maximum absolute atomic E-state index is 11.0. The number of primary amides is 1. The fourth-order valence-corrected chi connectivity index (χ4v) is 1.90. The summed E-state index contributed by atoms with van der Waals surface area (Å²) in [6.45, 7) is 0.733. The average Bonchev–Trinajstić information content (AvgIpc) is 2.73. The number of hydrogen-bond donors (Lipinski definition) is 2. The van der Waals surface area contributed by atoms with E-state index in [4.69, 9.17) is 5.73 Å². The van der Waals surface area contributed by atoms with Gasteiger partial charge in [0.2, 0.25) is 5.91 Å². The summed E-state index contributed by atoms with van der Waals surface area (Å²) in [7, 11) is 1.99. The highest BCUT2D eigenvalue weighted by molar-refractivity contribution is 5.78. The van der Waals surface area contributed by atoms with Gasteiger partial charge in [-0.1, -0.05) is 18.2 Å². The van der Waals surface area contributed by atoms with E-state index in [1.165, 1.54) is 5.56 Å². The molecule has 0 spiro atoms. The lowest BCUT2D eigenvalue weighted by Gasteiger charge is -2.10. The Hall–Kier alpha value is -2.23. The van der Waals surface area contributed by atoms with Crippen LogP contribution in [0.2, 0.25) is 0 Å². The first-order valence-corrected chi connectivity index (χ1v) is 5.86. The van der Waals surface area contributed by atoms with Gasteiger partial charge in [-0.2, -0.15) is 0 Å². The van der Waals surface area contributed by atoms with Gasteiger partial charge in [0.05, 0.1) is 6.42 Å². The third kappa shape index (κ3) is 3.13. The number of nitrogens with zero attached hydrogens (tertiary/aromatic N) is 1. The minimum absolute atomic E-state index is 0.262. The molecule has 0 aliphatic rings. The van der Waals surface area contributed by atoms with Gasteiger partial charge in [-0.25, -0.2) is 0 Å². The number of nitrogens with one attached hydrogen (secondary N) is 1. The molecule has 1 amide bonds. The van der Waals surface area contributed by atoms with Crippen molar-refractivity contribution in [2.75, 3.05) is 5.32 Å². The fourth-order valence-electron chi connectivity index (χ4n) is 1.90. The highest BCUT2D eigenvalue weighted by Gasteiger charge is 2.04. The van der Waals surface area contributed by atoms with Crippen molar-refractivity contribution >= 4 is 11.6 Å². The lowest BCUT2D eigenvalue weighted by Crippen LogP contribution is -2.15. The van der Waals surface area contributed by atoms with Gasteiger partial charge >= 0.3 is 0 Å². The van der Waals surface area contributed by atoms with Crippen LogP contribution in [0.3, 0.4) is 0 Å². The largest absolute Gasteiger partial charge is 0.381 e. The molecule has 0 radical (unpaired) electrons. The third-order valence-corrected chi connectivity index (χ3v) is 2.76. The monoisotopic (exact) mass is 243 g/mol. The number of nitrogens with two attached hydrogens (primary N) is 1. The van der Waals surface area contributed by atoms with Crippen LogP contribution in [0, 0.1) is 0 Å². The van der Waals surface area contributed by atoms with Crippen molar-refractivity contribution in [3.8, 4) is 0 Å². The molecule has 94 valence electrons. The number of amides is 1. The molecule has 0 aliphatic heterocycles. The normalized spacial score (nSPS) is 10.3. The Kier molecular flexibility index (Phi) is 3.67. The number of carbonyl (C=O) groups is 1. The molecule has 2 rings (SSSR count). The molecule has 1 heterocycles. The summed E-state index contributed by atoms with van der Waals surface area (Å²) in [6.07, 6.45) is 4.33. The number of aryl methyl sites for hydroxylation is 1. The Labute approximate surface area is 106 Å². The van der Waals surface area contributed by atoms with Crippen LogP contribution in [-0.4, -0.2) is 10.5 Å². The van der Waals surface area contributed by atoms with E-state index in [0.717, 1.165) is 17.8 Å². The van der Waals surface area contributed by atoms with Crippen molar-refractivity contribution in [3.63, 3.8) is 0 Å². The van der Waals surface area contributed by atoms with E-state index in [1.54, 1.807) is 0 Å². The van der Waals surface area contributed by atoms with Crippen LogP contribution in [0.4, 0.5) is 5.69 Å². The molecule has 1 aromatic heterocycles. The first kappa shape index (κ1) is 12.2. The van der Waals surface area contributed by atoms with Gasteiger partial charge in [0.1, 0.15) is 0 Å². The van der Waals surface area contributed by atoms with Crippen LogP contribution in [0.25, 0.3) is 0 Å². The van der Waals surface area contributed by atoms with Crippen LogP contribution in [-0.2, 0) is 24.8 Å². The highest BCUT2D eigenvalue weighted by atomic mass is 16.1. The Morgan fingerprint density at radius 1 is 1.33 bits per heavy atom. The number of benzene rings is 1. The molecule has 0 atom stereocenters. The van der Waals surface area contributed by atoms with Crippen molar-refractivity contribution in [2.45, 2.75) is 13.0 Å². The molecule has 0 fully saturated rings. The van der Waals surface area contributed by atoms with Crippen molar-refractivity contribution in [2.24, 2.45) is 12.8 Å². The molecule has 0 unspecified atom stereocenters. The Balaban J connectivity index is 2.06. The number of para-hydroxylation sites is 1. The summed E-state index contributed by atoms with van der Waals surface area (Å²) < 4.78 is 2.01. The lowest BCUT2D eigenvalue weighted by atomic mass is 10.1. The molecule has 4 heteroatoms. The van der Waals surface area contributed by atoms with E-state index < -0.39 is 0 Å². The molecular formula is C14H17N3O. The molecular weight excluding hydrogens is 226 g/mol. The Morgan fingerprint density at radius 2 is 2.11 bits per heavy atom. The third-order valence-electron chi connectivity index (χ3n) is 2.76. The van der Waals surface area contributed by atoms with E-state index in [9.17, 15) is 4.79 Å². The van der Waals surface area contributed by atoms with Crippen LogP contribution in [0.5, 0.6) is 0 Å². The SMILES string of the molecule is Cn1ccc(CNc2ccccc2CC(N)=O)c1. The van der Waals surface area contributed by atoms with Gasteiger partial charge in [0.15, 0.2) is 0 Å². The van der Waals surface area contributed by atoms with Crippen molar-refractivity contribution in [1.29, 1.82) is 0 Å². The average molecular weight is 243 g/mol. The fraction of sp³-hybridized carbons (Fsp3) is 0.214. The standard InChI is InChI=1S/C14H17N3O/c1-17-7-6-11(10-17)9-16-13-5-3-2-4-12(13)8-14(15)18/h2-7,10,16H,8-9H2,1H3,(H2,15,18). The minimum atomic E-state index is -0.316. The first-order valence-electron chi connectivity index (χ1n) is 5.86. The second kappa shape index (κ2) is 5.40. The Bertz CT molecular complexity index is 545. The number of rotatable bonds is 5. The van der Waals surface area contributed by atoms with Crippen LogP contribution < -0.4 is 11.1 Å². The molecule has 2 aromatic rings. The quantitative estimate of drug-likeness (QED) is 0.839. The molecule has 0 saturated heterocycles. The number of aromatic nitrogens is 1. The topological polar surface area (TPSA) is 60.1 Å². The second-order valence-electron chi connectivity index (χ2n) is 4.34. The molecule has 0 aliphatic carbocycles. The van der Waals surface area contributed by atoms with E-state index in [2.05, 4.69) is 17.6 Å². The summed E-state index contributed by atoms with van der Waals surface area (Å²) >= 11 is 0. The van der Waals surface area contributed by atoms with Crippen molar-refractivity contribution in [1.82, 2.24) is 4.57 Å². The summed E-state index contributed by atoms with van der Waals surface area (Å²) in [6, 6.07) is 9.78. The second-order valence-corrected chi connectivity index (χ2v) is 4.34. The molecule has 1 aromatic carbocycles. The zero-order valence-electron chi connectivity index (χ0n) is 10.4. The van der Waals surface area contributed by atoms with Crippen molar-refractivity contribution < 1.29 is 4.79 Å². The summed E-state index contributed by atoms with van der Waals surface area (Å²) in [5.41, 5.74) is 8.32. The molecule has 0 saturated carbocycles. The summed E-state index contributed by atoms with van der Waals surface area (Å²) in [5.74, 6) is -0.316. The number of hydrogen-bond acceptors (Lipinski definition) is 2. The van der Waals surface area contributed by atoms with E-state index in [0.29, 0.717) is 0 Å². The van der Waals surface area contributed by atoms with E-state index in [1.807, 2.05) is 42.1 Å². The maximum Gasteiger partial charge on any atom is 0.221 e. The zero-order valence-corrected chi connectivity index (χ0v) is 10.4. The van der Waals surface area contributed by atoms with Crippen LogP contribution in [0.15, 0.2) is 42.7 Å². The number of carbonyl (C=O) groups excluding carboxylic acids is 1. The summed E-state index contributed by atoms with van der Waals surface area (Å²) in [5, 5.41) is 3.33. The predicted molar refractivity (Wildman–Crippen MR) is 72.1 cm³/mol. The highest BCUT2D eigenvalue weighted by Crippen LogP contribution is 2.16. The van der Waals surface area contributed by atoms with Crippen LogP contribution in [0.1, 0.15) is 11.1 Å².